The number of amides is 1. The molecule has 1 amide bonds. The molecule has 8 nitrogen and oxygen atoms in total. The highest BCUT2D eigenvalue weighted by Crippen LogP contribution is 2.33. The van der Waals surface area contributed by atoms with Gasteiger partial charge < -0.3 is 21.5 Å². The summed E-state index contributed by atoms with van der Waals surface area (Å²) in [4.78, 5) is 16.1. The Morgan fingerprint density at radius 3 is 2.59 bits per heavy atom. The number of nitrogen functional groups attached to an aromatic ring is 1. The van der Waals surface area contributed by atoms with Gasteiger partial charge in [0.15, 0.2) is 5.82 Å². The summed E-state index contributed by atoms with van der Waals surface area (Å²) >= 11 is 0. The summed E-state index contributed by atoms with van der Waals surface area (Å²) in [7, 11) is 0. The highest BCUT2D eigenvalue weighted by molar-refractivity contribution is 5.83. The largest absolute Gasteiger partial charge is 0.507 e. The van der Waals surface area contributed by atoms with Gasteiger partial charge in [-0.1, -0.05) is 12.1 Å². The van der Waals surface area contributed by atoms with Gasteiger partial charge in [-0.15, -0.1) is 10.2 Å². The molecule has 1 aliphatic rings. The Morgan fingerprint density at radius 1 is 1.26 bits per heavy atom. The van der Waals surface area contributed by atoms with E-state index in [1.54, 1.807) is 18.2 Å². The van der Waals surface area contributed by atoms with Crippen LogP contribution in [0.15, 0.2) is 30.3 Å². The van der Waals surface area contributed by atoms with E-state index in [2.05, 4.69) is 26.9 Å². The van der Waals surface area contributed by atoms with Crippen LogP contribution in [0, 0.1) is 0 Å². The fourth-order valence-electron chi connectivity index (χ4n) is 3.61. The number of piperazine rings is 1. The van der Waals surface area contributed by atoms with Gasteiger partial charge in [0.2, 0.25) is 5.91 Å². The first-order valence-electron chi connectivity index (χ1n) is 8.95. The van der Waals surface area contributed by atoms with Crippen molar-refractivity contribution in [2.75, 3.05) is 30.3 Å². The number of phenols is 1. The van der Waals surface area contributed by atoms with Crippen LogP contribution >= 0.6 is 0 Å². The second-order valence-electron chi connectivity index (χ2n) is 7.43. The Morgan fingerprint density at radius 2 is 1.96 bits per heavy atom. The van der Waals surface area contributed by atoms with E-state index in [4.69, 9.17) is 11.5 Å². The minimum absolute atomic E-state index is 0.0994. The van der Waals surface area contributed by atoms with Crippen molar-refractivity contribution < 1.29 is 9.90 Å². The molecule has 2 heterocycles. The molecule has 0 radical (unpaired) electrons. The van der Waals surface area contributed by atoms with E-state index in [-0.39, 0.29) is 17.7 Å². The van der Waals surface area contributed by atoms with E-state index < -0.39 is 5.54 Å². The van der Waals surface area contributed by atoms with Crippen LogP contribution in [0.5, 0.6) is 5.75 Å². The van der Waals surface area contributed by atoms with Gasteiger partial charge in [0, 0.05) is 31.2 Å². The monoisotopic (exact) mass is 370 g/mol. The average Bonchev–Trinajstić information content (AvgIpc) is 2.62. The van der Waals surface area contributed by atoms with E-state index in [0.29, 0.717) is 36.7 Å². The third kappa shape index (κ3) is 3.52. The number of rotatable bonds is 4. The number of carbonyl (C=O) groups is 1. The van der Waals surface area contributed by atoms with Crippen molar-refractivity contribution in [3.63, 3.8) is 0 Å². The zero-order valence-electron chi connectivity index (χ0n) is 15.9. The summed E-state index contributed by atoms with van der Waals surface area (Å²) < 4.78 is 0. The highest BCUT2D eigenvalue weighted by atomic mass is 16.3. The van der Waals surface area contributed by atoms with Crippen molar-refractivity contribution in [1.29, 1.82) is 0 Å². The van der Waals surface area contributed by atoms with Crippen LogP contribution in [0.25, 0.3) is 11.3 Å². The zero-order chi connectivity index (χ0) is 19.8. The minimum atomic E-state index is -0.714. The molecule has 8 heteroatoms. The lowest BCUT2D eigenvalue weighted by atomic mass is 9.97. The van der Waals surface area contributed by atoms with Gasteiger partial charge >= 0.3 is 0 Å². The average molecular weight is 370 g/mol. The summed E-state index contributed by atoms with van der Waals surface area (Å²) in [6.07, 6.45) is 0. The first kappa shape index (κ1) is 18.9. The molecular formula is C19H26N6O2. The summed E-state index contributed by atoms with van der Waals surface area (Å²) in [5.41, 5.74) is 12.9. The predicted molar refractivity (Wildman–Crippen MR) is 105 cm³/mol. The van der Waals surface area contributed by atoms with Crippen LogP contribution in [0.4, 0.5) is 11.5 Å². The molecule has 1 atom stereocenters. The molecule has 1 fully saturated rings. The van der Waals surface area contributed by atoms with Gasteiger partial charge in [0.05, 0.1) is 16.9 Å². The normalized spacial score (nSPS) is 18.5. The number of benzene rings is 1. The Bertz CT molecular complexity index is 854. The van der Waals surface area contributed by atoms with Crippen LogP contribution in [-0.4, -0.2) is 57.3 Å². The third-order valence-electron chi connectivity index (χ3n) is 5.27. The van der Waals surface area contributed by atoms with Gasteiger partial charge in [-0.2, -0.15) is 0 Å². The second-order valence-corrected chi connectivity index (χ2v) is 7.43. The predicted octanol–water partition coefficient (Wildman–Crippen LogP) is 1.21. The molecule has 1 aliphatic heterocycles. The van der Waals surface area contributed by atoms with Crippen LogP contribution in [-0.2, 0) is 4.79 Å². The molecule has 0 bridgehead atoms. The Balaban J connectivity index is 1.87. The number of anilines is 2. The Hall–Kier alpha value is -2.87. The fraction of sp³-hybridized carbons (Fsp3) is 0.421. The van der Waals surface area contributed by atoms with Gasteiger partial charge in [-0.05, 0) is 39.0 Å². The number of nitrogens with two attached hydrogens (primary N) is 2. The van der Waals surface area contributed by atoms with Crippen molar-refractivity contribution in [2.45, 2.75) is 32.4 Å². The molecule has 144 valence electrons. The molecular weight excluding hydrogens is 344 g/mol. The lowest BCUT2D eigenvalue weighted by molar-refractivity contribution is -0.130. The zero-order valence-corrected chi connectivity index (χ0v) is 15.9. The van der Waals surface area contributed by atoms with E-state index in [9.17, 15) is 9.90 Å². The summed E-state index contributed by atoms with van der Waals surface area (Å²) in [6.45, 7) is 7.78. The summed E-state index contributed by atoms with van der Waals surface area (Å²) in [5, 5.41) is 18.3. The molecule has 0 spiro atoms. The smallest absolute Gasteiger partial charge is 0.237 e. The van der Waals surface area contributed by atoms with Crippen LogP contribution in [0.1, 0.15) is 20.8 Å². The van der Waals surface area contributed by atoms with Crippen LogP contribution < -0.4 is 16.4 Å². The lowest BCUT2D eigenvalue weighted by Gasteiger charge is -2.47. The maximum Gasteiger partial charge on any atom is 0.237 e. The van der Waals surface area contributed by atoms with E-state index in [1.165, 1.54) is 0 Å². The number of phenolic OH excluding ortho intramolecular Hbond substituents is 1. The molecule has 2 aromatic rings. The molecule has 0 unspecified atom stereocenters. The van der Waals surface area contributed by atoms with Gasteiger partial charge in [0.1, 0.15) is 5.75 Å². The number of nitrogens with zero attached hydrogens (tertiary/aromatic N) is 4. The highest BCUT2D eigenvalue weighted by Gasteiger charge is 2.38. The van der Waals surface area contributed by atoms with Crippen LogP contribution in [0.2, 0.25) is 0 Å². The topological polar surface area (TPSA) is 122 Å². The molecule has 1 aromatic heterocycles. The number of carbonyl (C=O) groups excluding carboxylic acids is 1. The fourth-order valence-corrected chi connectivity index (χ4v) is 3.61. The molecule has 5 N–H and O–H groups in total. The van der Waals surface area contributed by atoms with E-state index >= 15 is 0 Å². The van der Waals surface area contributed by atoms with Crippen LogP contribution in [0.3, 0.4) is 0 Å². The van der Waals surface area contributed by atoms with Crippen molar-refractivity contribution in [1.82, 2.24) is 15.1 Å². The third-order valence-corrected chi connectivity index (χ3v) is 5.27. The first-order chi connectivity index (χ1) is 12.7. The van der Waals surface area contributed by atoms with Crippen molar-refractivity contribution >= 4 is 17.4 Å². The number of hydrogen-bond acceptors (Lipinski definition) is 7. The summed E-state index contributed by atoms with van der Waals surface area (Å²) in [6, 6.07) is 8.93. The van der Waals surface area contributed by atoms with Gasteiger partial charge in [0.25, 0.3) is 0 Å². The molecule has 3 rings (SSSR count). The minimum Gasteiger partial charge on any atom is -0.507 e. The quantitative estimate of drug-likeness (QED) is 0.739. The lowest BCUT2D eigenvalue weighted by Crippen LogP contribution is -2.63. The van der Waals surface area contributed by atoms with E-state index in [0.717, 1.165) is 5.69 Å². The first-order valence-corrected chi connectivity index (χ1v) is 8.95. The van der Waals surface area contributed by atoms with E-state index in [1.807, 2.05) is 26.0 Å². The number of primary amides is 1. The van der Waals surface area contributed by atoms with Crippen molar-refractivity contribution in [2.24, 2.45) is 5.73 Å². The molecule has 1 saturated heterocycles. The van der Waals surface area contributed by atoms with Gasteiger partial charge in [-0.25, -0.2) is 0 Å². The number of para-hydroxylation sites is 1. The summed E-state index contributed by atoms with van der Waals surface area (Å²) in [5.74, 6) is 0.141. The maximum atomic E-state index is 11.8. The van der Waals surface area contributed by atoms with Crippen molar-refractivity contribution in [3.05, 3.63) is 30.3 Å². The Labute approximate surface area is 158 Å². The maximum absolute atomic E-state index is 11.8. The molecule has 1 aromatic carbocycles. The van der Waals surface area contributed by atoms with Gasteiger partial charge in [-0.3, -0.25) is 9.69 Å². The van der Waals surface area contributed by atoms with Crippen molar-refractivity contribution in [3.8, 4) is 17.0 Å². The number of hydrogen-bond donors (Lipinski definition) is 3. The number of aromatic nitrogens is 2. The molecule has 0 aliphatic carbocycles. The SMILES string of the molecule is C[C@@H]1CN(c2cc(-c3ccccc3O)nnc2N)CCN1C(C)(C)C(N)=O. The second kappa shape index (κ2) is 7.03. The number of aromatic hydroxyl groups is 1. The standard InChI is InChI=1S/C19H26N6O2/c1-12-11-24(8-9-25(12)19(2,3)18(21)27)15-10-14(22-23-17(15)20)13-6-4-5-7-16(13)26/h4-7,10,12,26H,8-9,11H2,1-3H3,(H2,20,23)(H2,21,27)/t12-/m1/s1. The molecule has 27 heavy (non-hydrogen) atoms. The Kier molecular flexibility index (Phi) is 4.93. The molecule has 0 saturated carbocycles.